The largest absolute Gasteiger partial charge is 0.348 e. The number of carbonyl (C=O) groups excluding carboxylic acids is 1. The minimum absolute atomic E-state index is 0.154. The Bertz CT molecular complexity index is 773. The summed E-state index contributed by atoms with van der Waals surface area (Å²) in [5, 5.41) is 2.77. The highest BCUT2D eigenvalue weighted by Crippen LogP contribution is 2.12. The van der Waals surface area contributed by atoms with Gasteiger partial charge in [-0.2, -0.15) is 0 Å². The molecule has 0 aliphatic heterocycles. The molecule has 6 heteroatoms. The van der Waals surface area contributed by atoms with Crippen molar-refractivity contribution in [3.63, 3.8) is 0 Å². The fourth-order valence-electron chi connectivity index (χ4n) is 2.14. The molecule has 0 radical (unpaired) electrons. The van der Waals surface area contributed by atoms with Crippen molar-refractivity contribution in [1.82, 2.24) is 10.0 Å². The molecular weight excluding hydrogens is 312 g/mol. The minimum Gasteiger partial charge on any atom is -0.348 e. The molecule has 1 atom stereocenters. The molecule has 122 valence electrons. The molecule has 0 fully saturated rings. The number of rotatable bonds is 6. The van der Waals surface area contributed by atoms with Crippen LogP contribution in [0.15, 0.2) is 59.5 Å². The van der Waals surface area contributed by atoms with Crippen LogP contribution in [0.4, 0.5) is 0 Å². The van der Waals surface area contributed by atoms with Crippen molar-refractivity contribution < 1.29 is 13.2 Å². The van der Waals surface area contributed by atoms with E-state index in [-0.39, 0.29) is 23.4 Å². The van der Waals surface area contributed by atoms with Crippen LogP contribution < -0.4 is 10.0 Å². The highest BCUT2D eigenvalue weighted by atomic mass is 32.2. The number of sulfonamides is 1. The monoisotopic (exact) mass is 332 g/mol. The molecule has 0 saturated carbocycles. The van der Waals surface area contributed by atoms with E-state index >= 15 is 0 Å². The van der Waals surface area contributed by atoms with Crippen LogP contribution in [-0.2, 0) is 14.8 Å². The van der Waals surface area contributed by atoms with Gasteiger partial charge in [-0.05, 0) is 37.1 Å². The van der Waals surface area contributed by atoms with Gasteiger partial charge >= 0.3 is 0 Å². The van der Waals surface area contributed by atoms with Gasteiger partial charge in [-0.25, -0.2) is 13.1 Å². The summed E-state index contributed by atoms with van der Waals surface area (Å²) in [5.74, 6) is -0.377. The Hall–Kier alpha value is -2.18. The molecule has 0 saturated heterocycles. The van der Waals surface area contributed by atoms with Crippen molar-refractivity contribution in [1.29, 1.82) is 0 Å². The molecule has 5 nitrogen and oxygen atoms in total. The van der Waals surface area contributed by atoms with Crippen molar-refractivity contribution in [2.45, 2.75) is 24.8 Å². The van der Waals surface area contributed by atoms with Gasteiger partial charge in [0, 0.05) is 0 Å². The molecule has 0 bridgehead atoms. The Morgan fingerprint density at radius 3 is 2.43 bits per heavy atom. The van der Waals surface area contributed by atoms with Gasteiger partial charge in [-0.15, -0.1) is 0 Å². The summed E-state index contributed by atoms with van der Waals surface area (Å²) in [4.78, 5) is 12.1. The first-order valence-corrected chi connectivity index (χ1v) is 8.77. The van der Waals surface area contributed by atoms with Crippen molar-refractivity contribution in [2.24, 2.45) is 0 Å². The number of hydrogen-bond acceptors (Lipinski definition) is 3. The number of amides is 1. The van der Waals surface area contributed by atoms with Crippen molar-refractivity contribution in [3.05, 3.63) is 65.7 Å². The number of nitrogens with one attached hydrogen (secondary N) is 2. The molecule has 2 rings (SSSR count). The van der Waals surface area contributed by atoms with Crippen LogP contribution in [0.3, 0.4) is 0 Å². The maximum Gasteiger partial charge on any atom is 0.241 e. The van der Waals surface area contributed by atoms with Crippen molar-refractivity contribution in [3.8, 4) is 0 Å². The summed E-state index contributed by atoms with van der Waals surface area (Å²) in [6.45, 7) is 3.36. The second-order valence-corrected chi connectivity index (χ2v) is 7.11. The minimum atomic E-state index is -3.69. The number of hydrogen-bond donors (Lipinski definition) is 2. The topological polar surface area (TPSA) is 75.3 Å². The molecule has 0 aliphatic carbocycles. The third-order valence-corrected chi connectivity index (χ3v) is 4.80. The first-order chi connectivity index (χ1) is 10.9. The SMILES string of the molecule is Cc1cccc(S(=O)(=O)NCC(=O)NC(C)c2ccccc2)c1. The number of carbonyl (C=O) groups is 1. The highest BCUT2D eigenvalue weighted by molar-refractivity contribution is 7.89. The summed E-state index contributed by atoms with van der Waals surface area (Å²) in [5.41, 5.74) is 1.80. The summed E-state index contributed by atoms with van der Waals surface area (Å²) in [6.07, 6.45) is 0. The van der Waals surface area contributed by atoms with Crippen LogP contribution in [0, 0.1) is 6.92 Å². The average molecular weight is 332 g/mol. The standard InChI is InChI=1S/C17H20N2O3S/c1-13-7-6-10-16(11-13)23(21,22)18-12-17(20)19-14(2)15-8-4-3-5-9-15/h3-11,14,18H,12H2,1-2H3,(H,19,20). The van der Waals surface area contributed by atoms with E-state index < -0.39 is 10.0 Å². The lowest BCUT2D eigenvalue weighted by Crippen LogP contribution is -2.38. The Kier molecular flexibility index (Phi) is 5.52. The zero-order chi connectivity index (χ0) is 16.9. The lowest BCUT2D eigenvalue weighted by atomic mass is 10.1. The van der Waals surface area contributed by atoms with Crippen LogP contribution in [0.1, 0.15) is 24.1 Å². The maximum atomic E-state index is 12.2. The summed E-state index contributed by atoms with van der Waals surface area (Å²) < 4.78 is 26.6. The maximum absolute atomic E-state index is 12.2. The summed E-state index contributed by atoms with van der Waals surface area (Å²) in [7, 11) is -3.69. The quantitative estimate of drug-likeness (QED) is 0.851. The Morgan fingerprint density at radius 1 is 1.09 bits per heavy atom. The lowest BCUT2D eigenvalue weighted by molar-refractivity contribution is -0.120. The molecule has 1 unspecified atom stereocenters. The highest BCUT2D eigenvalue weighted by Gasteiger charge is 2.16. The number of aryl methyl sites for hydroxylation is 1. The van der Waals surface area contributed by atoms with Gasteiger partial charge in [-0.3, -0.25) is 4.79 Å². The Labute approximate surface area is 136 Å². The van der Waals surface area contributed by atoms with Crippen molar-refractivity contribution >= 4 is 15.9 Å². The summed E-state index contributed by atoms with van der Waals surface area (Å²) >= 11 is 0. The van der Waals surface area contributed by atoms with Crippen LogP contribution in [-0.4, -0.2) is 20.9 Å². The Morgan fingerprint density at radius 2 is 1.78 bits per heavy atom. The molecule has 1 amide bonds. The molecule has 23 heavy (non-hydrogen) atoms. The first kappa shape index (κ1) is 17.2. The van der Waals surface area contributed by atoms with E-state index in [0.717, 1.165) is 11.1 Å². The first-order valence-electron chi connectivity index (χ1n) is 7.29. The van der Waals surface area contributed by atoms with E-state index in [1.165, 1.54) is 6.07 Å². The van der Waals surface area contributed by atoms with E-state index in [4.69, 9.17) is 0 Å². The second kappa shape index (κ2) is 7.39. The lowest BCUT2D eigenvalue weighted by Gasteiger charge is -2.14. The Balaban J connectivity index is 1.94. The van der Waals surface area contributed by atoms with E-state index in [1.807, 2.05) is 50.2 Å². The normalized spacial score (nSPS) is 12.6. The third kappa shape index (κ3) is 4.91. The van der Waals surface area contributed by atoms with Crippen molar-refractivity contribution in [2.75, 3.05) is 6.54 Å². The number of benzene rings is 2. The van der Waals surface area contributed by atoms with Gasteiger partial charge < -0.3 is 5.32 Å². The predicted molar refractivity (Wildman–Crippen MR) is 89.4 cm³/mol. The van der Waals surface area contributed by atoms with E-state index in [1.54, 1.807) is 12.1 Å². The van der Waals surface area contributed by atoms with Gasteiger partial charge in [0.25, 0.3) is 0 Å². The van der Waals surface area contributed by atoms with Gasteiger partial charge in [0.2, 0.25) is 15.9 Å². The van der Waals surface area contributed by atoms with Gasteiger partial charge in [0.15, 0.2) is 0 Å². The van der Waals surface area contributed by atoms with Crippen LogP contribution in [0.5, 0.6) is 0 Å². The molecular formula is C17H20N2O3S. The second-order valence-electron chi connectivity index (χ2n) is 5.34. The van der Waals surface area contributed by atoms with Crippen LogP contribution in [0.25, 0.3) is 0 Å². The van der Waals surface area contributed by atoms with Crippen LogP contribution >= 0.6 is 0 Å². The molecule has 0 spiro atoms. The fourth-order valence-corrected chi connectivity index (χ4v) is 3.23. The molecule has 2 N–H and O–H groups in total. The van der Waals surface area contributed by atoms with Gasteiger partial charge in [0.05, 0.1) is 17.5 Å². The summed E-state index contributed by atoms with van der Waals surface area (Å²) in [6, 6.07) is 15.8. The van der Waals surface area contributed by atoms with E-state index in [2.05, 4.69) is 10.0 Å². The predicted octanol–water partition coefficient (Wildman–Crippen LogP) is 2.15. The smallest absolute Gasteiger partial charge is 0.241 e. The average Bonchev–Trinajstić information content (AvgIpc) is 2.54. The fraction of sp³-hybridized carbons (Fsp3) is 0.235. The molecule has 2 aromatic carbocycles. The molecule has 0 aromatic heterocycles. The van der Waals surface area contributed by atoms with Gasteiger partial charge in [-0.1, -0.05) is 42.5 Å². The van der Waals surface area contributed by atoms with E-state index in [0.29, 0.717) is 0 Å². The molecule has 0 aliphatic rings. The zero-order valence-corrected chi connectivity index (χ0v) is 13.9. The van der Waals surface area contributed by atoms with E-state index in [9.17, 15) is 13.2 Å². The third-order valence-electron chi connectivity index (χ3n) is 3.40. The molecule has 2 aromatic rings. The van der Waals surface area contributed by atoms with Gasteiger partial charge in [0.1, 0.15) is 0 Å². The molecule has 0 heterocycles. The zero-order valence-electron chi connectivity index (χ0n) is 13.1. The van der Waals surface area contributed by atoms with Crippen LogP contribution in [0.2, 0.25) is 0 Å².